The Bertz CT molecular complexity index is 5590. The molecule has 11 aromatic rings. The van der Waals surface area contributed by atoms with Gasteiger partial charge < -0.3 is 5.11 Å². The Balaban J connectivity index is 0.979. The Morgan fingerprint density at radius 3 is 1.27 bits per heavy atom. The molecule has 0 fully saturated rings. The molecule has 0 unspecified atom stereocenters. The van der Waals surface area contributed by atoms with Crippen molar-refractivity contribution in [2.75, 3.05) is 0 Å². The Labute approximate surface area is 471 Å². The maximum Gasteiger partial charge on any atom is 0.296 e. The van der Waals surface area contributed by atoms with Crippen LogP contribution in [-0.4, -0.2) is 97.9 Å². The van der Waals surface area contributed by atoms with Crippen molar-refractivity contribution in [2.24, 2.45) is 30.7 Å². The Kier molecular flexibility index (Phi) is 13.6. The van der Waals surface area contributed by atoms with Crippen LogP contribution in [0.5, 0.6) is 5.75 Å². The minimum Gasteiger partial charge on any atom is -0.505 e. The second-order valence-electron chi connectivity index (χ2n) is 18.1. The van der Waals surface area contributed by atoms with E-state index < -0.39 is 96.6 Å². The summed E-state index contributed by atoms with van der Waals surface area (Å²) in [5, 5.41) is 45.8. The number of fused-ring (bicyclic) bond motifs is 7. The van der Waals surface area contributed by atoms with Crippen LogP contribution in [-0.2, 0) is 60.7 Å². The minimum atomic E-state index is -5.29. The van der Waals surface area contributed by atoms with E-state index in [0.717, 1.165) is 47.3 Å². The first-order valence-electron chi connectivity index (χ1n) is 23.2. The largest absolute Gasteiger partial charge is 0.505 e. The third kappa shape index (κ3) is 10.7. The van der Waals surface area contributed by atoms with Crippen LogP contribution in [0.1, 0.15) is 0 Å². The lowest BCUT2D eigenvalue weighted by Gasteiger charge is -2.11. The number of benzene rings is 10. The molecule has 0 bridgehead atoms. The zero-order valence-corrected chi connectivity index (χ0v) is 46.3. The minimum absolute atomic E-state index is 0.0165. The number of aromatic nitrogens is 3. The van der Waals surface area contributed by atoms with Gasteiger partial charge in [0, 0.05) is 48.5 Å². The Hall–Kier alpha value is -9.04. The van der Waals surface area contributed by atoms with Crippen LogP contribution in [0.2, 0.25) is 0 Å². The molecule has 10 aromatic carbocycles. The summed E-state index contributed by atoms with van der Waals surface area (Å²) in [6.07, 6.45) is 0. The summed E-state index contributed by atoms with van der Waals surface area (Å²) >= 11 is 0. The van der Waals surface area contributed by atoms with Crippen molar-refractivity contribution in [3.63, 3.8) is 0 Å². The molecule has 0 atom stereocenters. The van der Waals surface area contributed by atoms with Gasteiger partial charge in [-0.15, -0.1) is 40.9 Å². The number of nitrogens with zero attached hydrogens (tertiary/aromatic N) is 9. The second kappa shape index (κ2) is 20.1. The third-order valence-corrected chi connectivity index (χ3v) is 18.1. The van der Waals surface area contributed by atoms with E-state index in [1.54, 1.807) is 18.2 Å². The number of hydrogen-bond acceptors (Lipinski definition) is 21. The molecule has 11 rings (SSSR count). The topological polar surface area (TPSA) is 451 Å². The predicted octanol–water partition coefficient (Wildman–Crippen LogP) is 10.6. The molecular weight excluding hydrogens is 1220 g/mol. The van der Waals surface area contributed by atoms with Gasteiger partial charge >= 0.3 is 0 Å². The summed E-state index contributed by atoms with van der Waals surface area (Å²) in [7, 11) is -29.7. The first-order valence-corrected chi connectivity index (χ1v) is 31.9. The van der Waals surface area contributed by atoms with Crippen LogP contribution < -0.4 is 0 Å². The quantitative estimate of drug-likeness (QED) is 0.0416. The SMILES string of the molecule is O=S(=O)(O)c1ccc2c(N=Nc3ccc(N=Nc4ccc(S(=O)(=O)O)c5ccccc45)c4ccc(S(=O)(=O)O)cc34)ccc(N=Nc3c(S(=O)(=O)O)cc4cc(-n5nc6ccc7c(S(=O)(=O)O)cc(S(=O)(=O)O)cc7c6n5)ccc4c3O)c2c1. The number of azo groups is 3. The van der Waals surface area contributed by atoms with Gasteiger partial charge in [-0.25, -0.2) is 0 Å². The highest BCUT2D eigenvalue weighted by molar-refractivity contribution is 7.87. The van der Waals surface area contributed by atoms with E-state index in [0.29, 0.717) is 11.5 Å². The lowest BCUT2D eigenvalue weighted by Crippen LogP contribution is -2.04. The summed E-state index contributed by atoms with van der Waals surface area (Å²) in [5.41, 5.74) is -0.794. The van der Waals surface area contributed by atoms with E-state index >= 15 is 0 Å². The van der Waals surface area contributed by atoms with Gasteiger partial charge in [0.15, 0.2) is 5.75 Å². The fourth-order valence-corrected chi connectivity index (χ4v) is 12.8. The number of hydrogen-bond donors (Lipinski definition) is 7. The fraction of sp³-hybridized carbons (Fsp3) is 0. The highest BCUT2D eigenvalue weighted by Crippen LogP contribution is 2.45. The van der Waals surface area contributed by atoms with Crippen LogP contribution in [0.4, 0.5) is 34.1 Å². The first kappa shape index (κ1) is 56.8. The molecule has 7 N–H and O–H groups in total. The molecule has 0 aliphatic rings. The van der Waals surface area contributed by atoms with Gasteiger partial charge in [0.2, 0.25) is 0 Å². The average Bonchev–Trinajstić information content (AvgIpc) is 1.65. The lowest BCUT2D eigenvalue weighted by molar-refractivity contribution is 0.472. The van der Waals surface area contributed by atoms with E-state index in [9.17, 15) is 82.9 Å². The maximum absolute atomic E-state index is 13.0. The predicted molar refractivity (Wildman–Crippen MR) is 299 cm³/mol. The van der Waals surface area contributed by atoms with Crippen LogP contribution >= 0.6 is 0 Å². The highest BCUT2D eigenvalue weighted by atomic mass is 32.2. The van der Waals surface area contributed by atoms with Crippen molar-refractivity contribution in [3.8, 4) is 11.4 Å². The number of phenols is 1. The molecule has 0 amide bonds. The molecule has 28 nitrogen and oxygen atoms in total. The molecule has 0 aliphatic heterocycles. The molecule has 0 aliphatic carbocycles. The number of phenolic OH excluding ortho intramolecular Hbond substituents is 1. The van der Waals surface area contributed by atoms with Crippen molar-refractivity contribution in [3.05, 3.63) is 146 Å². The highest BCUT2D eigenvalue weighted by Gasteiger charge is 2.26. The van der Waals surface area contributed by atoms with Crippen molar-refractivity contribution >= 4 is 160 Å². The normalized spacial score (nSPS) is 13.4. The molecule has 0 saturated carbocycles. The van der Waals surface area contributed by atoms with Gasteiger partial charge in [-0.05, 0) is 109 Å². The van der Waals surface area contributed by atoms with E-state index in [4.69, 9.17) is 0 Å². The van der Waals surface area contributed by atoms with Gasteiger partial charge in [-0.1, -0.05) is 42.5 Å². The molecule has 1 aromatic heterocycles. The third-order valence-electron chi connectivity index (χ3n) is 12.9. The van der Waals surface area contributed by atoms with E-state index in [1.807, 2.05) is 0 Å². The van der Waals surface area contributed by atoms with Gasteiger partial charge in [-0.3, -0.25) is 27.3 Å². The lowest BCUT2D eigenvalue weighted by atomic mass is 10.1. The van der Waals surface area contributed by atoms with Gasteiger partial charge in [0.1, 0.15) is 31.4 Å². The standard InChI is InChI=1S/C50H31N9O19S6/c60-50-30-8-5-26(59-57-44-12-11-35-38(48(44)58-59)23-29(81(67,68)69)24-46(35)83(73,74)75)19-25(30)20-47(84(76,77)78)49(50)56-55-43-16-14-40(33-10-7-28(22-37(33)43)80(64,65)66)52-54-42-15-13-39(32-9-6-27(21-36(32)42)79(61,62)63)51-53-41-17-18-45(82(70,71)72)34-4-2-1-3-31(34)41/h1-24,60H,(H,61,62,63)(H,64,65,66)(H,67,68,69)(H,70,71,72)(H,73,74,75)(H,76,77,78). The first-order chi connectivity index (χ1) is 39.3. The molecular formula is C50H31N9O19S6. The van der Waals surface area contributed by atoms with E-state index in [2.05, 4.69) is 40.9 Å². The van der Waals surface area contributed by atoms with Crippen molar-refractivity contribution in [1.82, 2.24) is 15.0 Å². The summed E-state index contributed by atoms with van der Waals surface area (Å²) in [4.78, 5) is -3.36. The molecule has 426 valence electrons. The van der Waals surface area contributed by atoms with Crippen LogP contribution in [0.15, 0.2) is 206 Å². The smallest absolute Gasteiger partial charge is 0.296 e. The fourth-order valence-electron chi connectivity index (χ4n) is 9.14. The molecule has 0 spiro atoms. The van der Waals surface area contributed by atoms with Crippen LogP contribution in [0.3, 0.4) is 0 Å². The molecule has 0 radical (unpaired) electrons. The molecule has 84 heavy (non-hydrogen) atoms. The summed E-state index contributed by atoms with van der Waals surface area (Å²) < 4.78 is 208. The summed E-state index contributed by atoms with van der Waals surface area (Å²) in [6, 6.07) is 29.3. The Morgan fingerprint density at radius 1 is 0.333 bits per heavy atom. The molecule has 34 heteroatoms. The Morgan fingerprint density at radius 2 is 0.762 bits per heavy atom. The van der Waals surface area contributed by atoms with Crippen molar-refractivity contribution < 1.29 is 82.9 Å². The molecule has 1 heterocycles. The van der Waals surface area contributed by atoms with Crippen LogP contribution in [0, 0.1) is 0 Å². The zero-order chi connectivity index (χ0) is 60.2. The monoisotopic (exact) mass is 1250 g/mol. The van der Waals surface area contributed by atoms with E-state index in [-0.39, 0.29) is 98.5 Å². The van der Waals surface area contributed by atoms with Crippen molar-refractivity contribution in [1.29, 1.82) is 0 Å². The maximum atomic E-state index is 13.0. The second-order valence-corrected chi connectivity index (χ2v) is 26.6. The van der Waals surface area contributed by atoms with Gasteiger partial charge in [0.25, 0.3) is 60.7 Å². The molecule has 0 saturated heterocycles. The number of rotatable bonds is 13. The zero-order valence-electron chi connectivity index (χ0n) is 41.4. The number of aromatic hydroxyl groups is 1. The summed E-state index contributed by atoms with van der Waals surface area (Å²) in [6.45, 7) is 0. The van der Waals surface area contributed by atoms with E-state index in [1.165, 1.54) is 78.9 Å². The van der Waals surface area contributed by atoms with Crippen LogP contribution in [0.25, 0.3) is 70.6 Å². The average molecular weight is 1250 g/mol. The van der Waals surface area contributed by atoms with Gasteiger partial charge in [-0.2, -0.15) is 55.3 Å². The summed E-state index contributed by atoms with van der Waals surface area (Å²) in [5.74, 6) is -0.858. The van der Waals surface area contributed by atoms with Crippen molar-refractivity contribution in [2.45, 2.75) is 29.4 Å². The van der Waals surface area contributed by atoms with Gasteiger partial charge in [0.05, 0.1) is 48.8 Å².